The van der Waals surface area contributed by atoms with Crippen molar-refractivity contribution in [1.29, 1.82) is 0 Å². The molecule has 19 heavy (non-hydrogen) atoms. The highest BCUT2D eigenvalue weighted by Crippen LogP contribution is 2.17. The first-order valence-electron chi connectivity index (χ1n) is 6.44. The Hall–Kier alpha value is -1.11. The van der Waals surface area contributed by atoms with E-state index >= 15 is 0 Å². The summed E-state index contributed by atoms with van der Waals surface area (Å²) in [6, 6.07) is -0.416. The SMILES string of the molecule is CNC(=O)C(CCCNC(=O)CBr)N1CCCC1=O. The van der Waals surface area contributed by atoms with Crippen molar-refractivity contribution >= 4 is 33.7 Å². The van der Waals surface area contributed by atoms with Gasteiger partial charge in [0.15, 0.2) is 0 Å². The van der Waals surface area contributed by atoms with Gasteiger partial charge in [-0.25, -0.2) is 0 Å². The first-order valence-corrected chi connectivity index (χ1v) is 7.56. The monoisotopic (exact) mass is 333 g/mol. The second-order valence-corrected chi connectivity index (χ2v) is 5.01. The highest BCUT2D eigenvalue weighted by Gasteiger charge is 2.31. The molecule has 7 heteroatoms. The van der Waals surface area contributed by atoms with Crippen molar-refractivity contribution in [2.75, 3.05) is 25.5 Å². The van der Waals surface area contributed by atoms with Crippen LogP contribution in [-0.2, 0) is 14.4 Å². The van der Waals surface area contributed by atoms with Crippen molar-refractivity contribution < 1.29 is 14.4 Å². The molecule has 1 atom stereocenters. The fraction of sp³-hybridized carbons (Fsp3) is 0.750. The molecule has 6 nitrogen and oxygen atoms in total. The third-order valence-electron chi connectivity index (χ3n) is 3.13. The first-order chi connectivity index (χ1) is 9.10. The average molecular weight is 334 g/mol. The molecule has 1 saturated heterocycles. The predicted octanol–water partition coefficient (Wildman–Crippen LogP) is 0.0147. The lowest BCUT2D eigenvalue weighted by Gasteiger charge is -2.26. The summed E-state index contributed by atoms with van der Waals surface area (Å²) in [4.78, 5) is 36.2. The number of alkyl halides is 1. The van der Waals surface area contributed by atoms with Gasteiger partial charge in [-0.2, -0.15) is 0 Å². The zero-order valence-electron chi connectivity index (χ0n) is 11.1. The Kier molecular flexibility index (Phi) is 6.83. The molecule has 1 rings (SSSR count). The van der Waals surface area contributed by atoms with Crippen LogP contribution in [0.3, 0.4) is 0 Å². The third kappa shape index (κ3) is 4.81. The molecule has 1 aliphatic heterocycles. The summed E-state index contributed by atoms with van der Waals surface area (Å²) in [7, 11) is 1.57. The van der Waals surface area contributed by atoms with Crippen LogP contribution < -0.4 is 10.6 Å². The van der Waals surface area contributed by atoms with Crippen LogP contribution in [0.5, 0.6) is 0 Å². The molecule has 3 amide bonds. The lowest BCUT2D eigenvalue weighted by Crippen LogP contribution is -2.46. The molecule has 0 saturated carbocycles. The van der Waals surface area contributed by atoms with Crippen LogP contribution in [0.2, 0.25) is 0 Å². The number of likely N-dealkylation sites (tertiary alicyclic amines) is 1. The van der Waals surface area contributed by atoms with Gasteiger partial charge in [0.25, 0.3) is 0 Å². The van der Waals surface area contributed by atoms with E-state index in [1.807, 2.05) is 0 Å². The highest BCUT2D eigenvalue weighted by molar-refractivity contribution is 9.09. The molecule has 1 unspecified atom stereocenters. The van der Waals surface area contributed by atoms with Gasteiger partial charge >= 0.3 is 0 Å². The maximum atomic E-state index is 11.8. The molecule has 0 aromatic heterocycles. The van der Waals surface area contributed by atoms with E-state index in [1.54, 1.807) is 11.9 Å². The molecule has 2 N–H and O–H groups in total. The van der Waals surface area contributed by atoms with Gasteiger partial charge in [-0.1, -0.05) is 15.9 Å². The fourth-order valence-corrected chi connectivity index (χ4v) is 2.36. The van der Waals surface area contributed by atoms with E-state index in [0.717, 1.165) is 6.42 Å². The molecule has 0 aromatic rings. The lowest BCUT2D eigenvalue weighted by atomic mass is 10.1. The van der Waals surface area contributed by atoms with Gasteiger partial charge in [0.1, 0.15) is 6.04 Å². The summed E-state index contributed by atoms with van der Waals surface area (Å²) in [5, 5.41) is 5.60. The number of hydrogen-bond acceptors (Lipinski definition) is 3. The normalized spacial score (nSPS) is 16.3. The summed E-state index contributed by atoms with van der Waals surface area (Å²) in [5.41, 5.74) is 0. The molecule has 0 radical (unpaired) electrons. The van der Waals surface area contributed by atoms with Crippen LogP contribution in [-0.4, -0.2) is 54.1 Å². The van der Waals surface area contributed by atoms with Gasteiger partial charge < -0.3 is 15.5 Å². The Balaban J connectivity index is 2.44. The average Bonchev–Trinajstić information content (AvgIpc) is 2.83. The van der Waals surface area contributed by atoms with Crippen molar-refractivity contribution in [3.8, 4) is 0 Å². The van der Waals surface area contributed by atoms with Gasteiger partial charge in [-0.15, -0.1) is 0 Å². The minimum atomic E-state index is -0.416. The summed E-state index contributed by atoms with van der Waals surface area (Å²) in [5.74, 6) is -0.172. The molecule has 1 fully saturated rings. The minimum Gasteiger partial charge on any atom is -0.357 e. The fourth-order valence-electron chi connectivity index (χ4n) is 2.16. The largest absolute Gasteiger partial charge is 0.357 e. The van der Waals surface area contributed by atoms with Gasteiger partial charge in [0.05, 0.1) is 5.33 Å². The van der Waals surface area contributed by atoms with Crippen molar-refractivity contribution in [3.05, 3.63) is 0 Å². The summed E-state index contributed by atoms with van der Waals surface area (Å²) in [6.07, 6.45) is 2.56. The lowest BCUT2D eigenvalue weighted by molar-refractivity contribution is -0.137. The second-order valence-electron chi connectivity index (χ2n) is 4.45. The number of rotatable bonds is 7. The van der Waals surface area contributed by atoms with Crippen molar-refractivity contribution in [2.45, 2.75) is 31.7 Å². The van der Waals surface area contributed by atoms with E-state index in [2.05, 4.69) is 26.6 Å². The van der Waals surface area contributed by atoms with E-state index < -0.39 is 6.04 Å². The minimum absolute atomic E-state index is 0.0399. The Bertz CT molecular complexity index is 349. The van der Waals surface area contributed by atoms with Crippen LogP contribution >= 0.6 is 15.9 Å². The number of likely N-dealkylation sites (N-methyl/N-ethyl adjacent to an activating group) is 1. The highest BCUT2D eigenvalue weighted by atomic mass is 79.9. The molecule has 1 aliphatic rings. The van der Waals surface area contributed by atoms with Crippen LogP contribution in [0.1, 0.15) is 25.7 Å². The molecule has 108 valence electrons. The second kappa shape index (κ2) is 8.14. The zero-order chi connectivity index (χ0) is 14.3. The zero-order valence-corrected chi connectivity index (χ0v) is 12.7. The molecule has 0 aliphatic carbocycles. The van der Waals surface area contributed by atoms with Gasteiger partial charge in [-0.3, -0.25) is 14.4 Å². The number of hydrogen-bond donors (Lipinski definition) is 2. The van der Waals surface area contributed by atoms with E-state index in [1.165, 1.54) is 0 Å². The van der Waals surface area contributed by atoms with Crippen LogP contribution in [0.15, 0.2) is 0 Å². The molecule has 0 spiro atoms. The number of nitrogens with zero attached hydrogens (tertiary/aromatic N) is 1. The van der Waals surface area contributed by atoms with Gasteiger partial charge in [-0.05, 0) is 19.3 Å². The molecular formula is C12H20BrN3O3. The molecular weight excluding hydrogens is 314 g/mol. The standard InChI is InChI=1S/C12H20BrN3O3/c1-14-12(19)9(16-7-3-5-11(16)18)4-2-6-15-10(17)8-13/h9H,2-8H2,1H3,(H,14,19)(H,15,17). The van der Waals surface area contributed by atoms with Crippen molar-refractivity contribution in [1.82, 2.24) is 15.5 Å². The van der Waals surface area contributed by atoms with Crippen molar-refractivity contribution in [2.24, 2.45) is 0 Å². The van der Waals surface area contributed by atoms with E-state index in [-0.39, 0.29) is 23.1 Å². The topological polar surface area (TPSA) is 78.5 Å². The summed E-state index contributed by atoms with van der Waals surface area (Å²) < 4.78 is 0. The number of nitrogens with one attached hydrogen (secondary N) is 2. The van der Waals surface area contributed by atoms with Crippen LogP contribution in [0.25, 0.3) is 0 Å². The van der Waals surface area contributed by atoms with Crippen molar-refractivity contribution in [3.63, 3.8) is 0 Å². The maximum absolute atomic E-state index is 11.8. The molecule has 0 bridgehead atoms. The maximum Gasteiger partial charge on any atom is 0.242 e. The summed E-state index contributed by atoms with van der Waals surface area (Å²) >= 11 is 3.06. The Morgan fingerprint density at radius 2 is 2.21 bits per heavy atom. The van der Waals surface area contributed by atoms with Gasteiger partial charge in [0.2, 0.25) is 17.7 Å². The Labute approximate surface area is 121 Å². The summed E-state index contributed by atoms with van der Waals surface area (Å²) in [6.45, 7) is 1.16. The Morgan fingerprint density at radius 1 is 1.47 bits per heavy atom. The van der Waals surface area contributed by atoms with E-state index in [0.29, 0.717) is 32.4 Å². The van der Waals surface area contributed by atoms with Crippen LogP contribution in [0, 0.1) is 0 Å². The van der Waals surface area contributed by atoms with Gasteiger partial charge in [0, 0.05) is 26.6 Å². The van der Waals surface area contributed by atoms with E-state index in [9.17, 15) is 14.4 Å². The number of carbonyl (C=O) groups excluding carboxylic acids is 3. The molecule has 0 aromatic carbocycles. The Morgan fingerprint density at radius 3 is 2.74 bits per heavy atom. The smallest absolute Gasteiger partial charge is 0.242 e. The molecule has 1 heterocycles. The number of halogens is 1. The predicted molar refractivity (Wildman–Crippen MR) is 74.8 cm³/mol. The van der Waals surface area contributed by atoms with Crippen LogP contribution in [0.4, 0.5) is 0 Å². The number of carbonyl (C=O) groups is 3. The quantitative estimate of drug-likeness (QED) is 0.509. The first kappa shape index (κ1) is 15.9. The van der Waals surface area contributed by atoms with E-state index in [4.69, 9.17) is 0 Å². The number of amides is 3. The third-order valence-corrected chi connectivity index (χ3v) is 3.64.